The summed E-state index contributed by atoms with van der Waals surface area (Å²) in [4.78, 5) is 11.6. The topological polar surface area (TPSA) is 41.5 Å². The summed E-state index contributed by atoms with van der Waals surface area (Å²) >= 11 is 0. The van der Waals surface area contributed by atoms with E-state index in [-0.39, 0.29) is 11.8 Å². The van der Waals surface area contributed by atoms with Gasteiger partial charge in [0.1, 0.15) is 0 Å². The number of hydrogen-bond donors (Lipinski definition) is 1. The number of nitrogens with one attached hydrogen (secondary N) is 1. The monoisotopic (exact) mass is 288 g/mol. The van der Waals surface area contributed by atoms with E-state index in [1.807, 2.05) is 18.2 Å². The largest absolute Gasteiger partial charge is 0.273 e. The van der Waals surface area contributed by atoms with Crippen molar-refractivity contribution in [3.8, 4) is 0 Å². The van der Waals surface area contributed by atoms with Gasteiger partial charge in [0.2, 0.25) is 5.91 Å². The zero-order chi connectivity index (χ0) is 15.3. The number of unbranched alkanes of at least 4 members (excludes halogenated alkanes) is 5. The molecule has 0 bridgehead atoms. The molecular weight excluding hydrogens is 260 g/mol. The summed E-state index contributed by atoms with van der Waals surface area (Å²) in [6.07, 6.45) is 9.53. The van der Waals surface area contributed by atoms with Crippen LogP contribution in [0.4, 0.5) is 0 Å². The van der Waals surface area contributed by atoms with Crippen LogP contribution in [0.25, 0.3) is 0 Å². The van der Waals surface area contributed by atoms with Gasteiger partial charge in [-0.3, -0.25) is 4.79 Å². The van der Waals surface area contributed by atoms with Crippen molar-refractivity contribution in [3.05, 3.63) is 35.9 Å². The van der Waals surface area contributed by atoms with Gasteiger partial charge in [-0.2, -0.15) is 5.10 Å². The summed E-state index contributed by atoms with van der Waals surface area (Å²) in [5.41, 5.74) is 3.82. The number of carbonyl (C=O) groups excluding carboxylic acids is 1. The highest BCUT2D eigenvalue weighted by Gasteiger charge is 2.02. The Hall–Kier alpha value is -1.64. The quantitative estimate of drug-likeness (QED) is 0.380. The van der Waals surface area contributed by atoms with E-state index in [9.17, 15) is 4.79 Å². The first-order valence-electron chi connectivity index (χ1n) is 8.11. The van der Waals surface area contributed by atoms with Crippen molar-refractivity contribution in [2.24, 2.45) is 5.10 Å². The molecule has 0 aromatic heterocycles. The molecule has 3 nitrogen and oxygen atoms in total. The molecule has 0 aliphatic rings. The Kier molecular flexibility index (Phi) is 9.18. The van der Waals surface area contributed by atoms with Crippen molar-refractivity contribution in [1.82, 2.24) is 5.43 Å². The van der Waals surface area contributed by atoms with Gasteiger partial charge in [0.25, 0.3) is 0 Å². The van der Waals surface area contributed by atoms with E-state index in [1.165, 1.54) is 31.2 Å². The van der Waals surface area contributed by atoms with Gasteiger partial charge >= 0.3 is 0 Å². The molecule has 3 heteroatoms. The number of hydrogen-bond acceptors (Lipinski definition) is 2. The van der Waals surface area contributed by atoms with Crippen LogP contribution in [0.2, 0.25) is 0 Å². The van der Waals surface area contributed by atoms with Crippen LogP contribution < -0.4 is 5.43 Å². The summed E-state index contributed by atoms with van der Waals surface area (Å²) in [5, 5.41) is 4.05. The Morgan fingerprint density at radius 2 is 1.81 bits per heavy atom. The van der Waals surface area contributed by atoms with E-state index in [0.29, 0.717) is 6.42 Å². The number of benzene rings is 1. The molecule has 116 valence electrons. The van der Waals surface area contributed by atoms with Crippen LogP contribution in [0.5, 0.6) is 0 Å². The highest BCUT2D eigenvalue weighted by molar-refractivity contribution is 5.77. The predicted octanol–water partition coefficient (Wildman–Crippen LogP) is 4.64. The lowest BCUT2D eigenvalue weighted by Crippen LogP contribution is -2.17. The van der Waals surface area contributed by atoms with Gasteiger partial charge in [-0.25, -0.2) is 5.43 Å². The highest BCUT2D eigenvalue weighted by Crippen LogP contribution is 2.11. The van der Waals surface area contributed by atoms with Crippen molar-refractivity contribution in [1.29, 1.82) is 0 Å². The maximum atomic E-state index is 11.6. The van der Waals surface area contributed by atoms with Crippen molar-refractivity contribution in [2.75, 3.05) is 0 Å². The Balaban J connectivity index is 2.13. The van der Waals surface area contributed by atoms with Crippen molar-refractivity contribution in [3.63, 3.8) is 0 Å². The van der Waals surface area contributed by atoms with E-state index in [1.54, 1.807) is 6.21 Å². The van der Waals surface area contributed by atoms with E-state index in [0.717, 1.165) is 12.8 Å². The zero-order valence-corrected chi connectivity index (χ0v) is 13.3. The van der Waals surface area contributed by atoms with Gasteiger partial charge in [0, 0.05) is 18.6 Å². The molecule has 0 heterocycles. The molecule has 0 aliphatic heterocycles. The molecule has 1 aromatic carbocycles. The average Bonchev–Trinajstić information content (AvgIpc) is 2.51. The zero-order valence-electron chi connectivity index (χ0n) is 13.3. The maximum absolute atomic E-state index is 11.6. The van der Waals surface area contributed by atoms with Gasteiger partial charge in [-0.1, -0.05) is 76.3 Å². The lowest BCUT2D eigenvalue weighted by atomic mass is 10.0. The minimum Gasteiger partial charge on any atom is -0.273 e. The van der Waals surface area contributed by atoms with E-state index < -0.39 is 0 Å². The molecular formula is C18H28N2O. The molecule has 21 heavy (non-hydrogen) atoms. The fourth-order valence-electron chi connectivity index (χ4n) is 2.19. The van der Waals surface area contributed by atoms with Crippen molar-refractivity contribution < 1.29 is 4.79 Å². The van der Waals surface area contributed by atoms with Gasteiger partial charge in [0.05, 0.1) is 0 Å². The summed E-state index contributed by atoms with van der Waals surface area (Å²) in [7, 11) is 0. The summed E-state index contributed by atoms with van der Waals surface area (Å²) in [6.45, 7) is 4.28. The summed E-state index contributed by atoms with van der Waals surface area (Å²) in [5.74, 6) is 0.225. The molecule has 0 spiro atoms. The Labute approximate surface area is 128 Å². The minimum absolute atomic E-state index is 0.0157. The molecule has 1 amide bonds. The van der Waals surface area contributed by atoms with Crippen molar-refractivity contribution in [2.45, 2.75) is 64.7 Å². The third-order valence-corrected chi connectivity index (χ3v) is 3.57. The Morgan fingerprint density at radius 3 is 2.52 bits per heavy atom. The van der Waals surface area contributed by atoms with Crippen LogP contribution in [-0.2, 0) is 4.79 Å². The van der Waals surface area contributed by atoms with Gasteiger partial charge < -0.3 is 0 Å². The molecule has 0 fully saturated rings. The molecule has 1 rings (SSSR count). The first-order valence-corrected chi connectivity index (χ1v) is 8.11. The van der Waals surface area contributed by atoms with Crippen LogP contribution in [0.3, 0.4) is 0 Å². The third-order valence-electron chi connectivity index (χ3n) is 3.57. The fourth-order valence-corrected chi connectivity index (χ4v) is 2.19. The minimum atomic E-state index is 0.0157. The SMILES string of the molecule is CCCCCCCCC(=O)NN=CC(C)c1ccccc1. The lowest BCUT2D eigenvalue weighted by Gasteiger charge is -2.05. The maximum Gasteiger partial charge on any atom is 0.240 e. The van der Waals surface area contributed by atoms with Gasteiger partial charge in [-0.15, -0.1) is 0 Å². The average molecular weight is 288 g/mol. The molecule has 1 atom stereocenters. The van der Waals surface area contributed by atoms with Gasteiger partial charge in [0.15, 0.2) is 0 Å². The molecule has 0 radical (unpaired) electrons. The Bertz CT molecular complexity index is 414. The molecule has 1 unspecified atom stereocenters. The lowest BCUT2D eigenvalue weighted by molar-refractivity contribution is -0.121. The Morgan fingerprint density at radius 1 is 1.14 bits per heavy atom. The molecule has 1 aromatic rings. The van der Waals surface area contributed by atoms with Gasteiger partial charge in [-0.05, 0) is 12.0 Å². The number of hydrazone groups is 1. The highest BCUT2D eigenvalue weighted by atomic mass is 16.2. The second-order valence-corrected chi connectivity index (χ2v) is 5.53. The van der Waals surface area contributed by atoms with Crippen LogP contribution in [-0.4, -0.2) is 12.1 Å². The number of rotatable bonds is 10. The van der Waals surface area contributed by atoms with E-state index in [4.69, 9.17) is 0 Å². The first-order chi connectivity index (χ1) is 10.2. The van der Waals surface area contributed by atoms with E-state index >= 15 is 0 Å². The first kappa shape index (κ1) is 17.4. The number of nitrogens with zero attached hydrogens (tertiary/aromatic N) is 1. The molecule has 0 saturated heterocycles. The molecule has 1 N–H and O–H groups in total. The number of amides is 1. The van der Waals surface area contributed by atoms with Crippen LogP contribution in [0, 0.1) is 0 Å². The normalized spacial score (nSPS) is 12.5. The summed E-state index contributed by atoms with van der Waals surface area (Å²) < 4.78 is 0. The number of carbonyl (C=O) groups is 1. The molecule has 0 aliphatic carbocycles. The van der Waals surface area contributed by atoms with Crippen LogP contribution in [0.1, 0.15) is 70.3 Å². The predicted molar refractivity (Wildman–Crippen MR) is 89.5 cm³/mol. The smallest absolute Gasteiger partial charge is 0.240 e. The second-order valence-electron chi connectivity index (χ2n) is 5.53. The van der Waals surface area contributed by atoms with E-state index in [2.05, 4.69) is 36.5 Å². The fraction of sp³-hybridized carbons (Fsp3) is 0.556. The third kappa shape index (κ3) is 8.28. The second kappa shape index (κ2) is 11.1. The van der Waals surface area contributed by atoms with Crippen LogP contribution >= 0.6 is 0 Å². The van der Waals surface area contributed by atoms with Crippen molar-refractivity contribution >= 4 is 12.1 Å². The standard InChI is InChI=1S/C18H28N2O/c1-3-4-5-6-7-11-14-18(21)20-19-15-16(2)17-12-9-8-10-13-17/h8-10,12-13,15-16H,3-7,11,14H2,1-2H3,(H,20,21). The molecule has 0 saturated carbocycles. The van der Waals surface area contributed by atoms with Crippen LogP contribution in [0.15, 0.2) is 35.4 Å². The summed E-state index contributed by atoms with van der Waals surface area (Å²) in [6, 6.07) is 10.1.